The third-order valence-corrected chi connectivity index (χ3v) is 2.26. The van der Waals surface area contributed by atoms with E-state index in [9.17, 15) is 13.2 Å². The molecular weight excluding hydrogens is 287 g/mol. The molecule has 0 bridgehead atoms. The molecule has 0 aliphatic rings. The van der Waals surface area contributed by atoms with Gasteiger partial charge in [-0.25, -0.2) is 9.97 Å². The minimum absolute atomic E-state index is 0.128. The van der Waals surface area contributed by atoms with Crippen molar-refractivity contribution in [2.24, 2.45) is 0 Å². The van der Waals surface area contributed by atoms with Gasteiger partial charge in [0.25, 0.3) is 0 Å². The van der Waals surface area contributed by atoms with Crippen molar-refractivity contribution in [1.29, 1.82) is 0 Å². The zero-order valence-corrected chi connectivity index (χ0v) is 9.98. The van der Waals surface area contributed by atoms with E-state index in [0.29, 0.717) is 23.4 Å². The van der Waals surface area contributed by atoms with Gasteiger partial charge in [-0.1, -0.05) is 0 Å². The van der Waals surface area contributed by atoms with E-state index in [4.69, 9.17) is 0 Å². The second-order valence-electron chi connectivity index (χ2n) is 3.23. The lowest BCUT2D eigenvalue weighted by Gasteiger charge is -2.07. The quantitative estimate of drug-likeness (QED) is 0.669. The van der Waals surface area contributed by atoms with E-state index >= 15 is 0 Å². The molecule has 0 amide bonds. The van der Waals surface area contributed by atoms with Crippen LogP contribution < -0.4 is 5.32 Å². The lowest BCUT2D eigenvalue weighted by molar-refractivity contribution is -0.135. The Balaban J connectivity index is 2.17. The van der Waals surface area contributed by atoms with Crippen molar-refractivity contribution in [3.63, 3.8) is 0 Å². The molecule has 0 fully saturated rings. The molecule has 90 valence electrons. The van der Waals surface area contributed by atoms with Gasteiger partial charge in [-0.3, -0.25) is 0 Å². The number of unbranched alkanes of at least 4 members (excludes halogenated alkanes) is 1. The molecule has 0 aliphatic heterocycles. The molecule has 16 heavy (non-hydrogen) atoms. The first-order valence-electron chi connectivity index (χ1n) is 4.75. The van der Waals surface area contributed by atoms with Crippen LogP contribution in [-0.2, 0) is 0 Å². The molecule has 1 N–H and O–H groups in total. The van der Waals surface area contributed by atoms with Gasteiger partial charge in [-0.05, 0) is 28.8 Å². The molecule has 0 radical (unpaired) electrons. The van der Waals surface area contributed by atoms with Crippen LogP contribution in [-0.4, -0.2) is 22.7 Å². The second-order valence-corrected chi connectivity index (χ2v) is 4.04. The topological polar surface area (TPSA) is 37.8 Å². The maximum absolute atomic E-state index is 11.8. The maximum Gasteiger partial charge on any atom is 0.389 e. The van der Waals surface area contributed by atoms with Crippen molar-refractivity contribution in [2.45, 2.75) is 25.4 Å². The van der Waals surface area contributed by atoms with Gasteiger partial charge in [0, 0.05) is 19.0 Å². The average molecular weight is 298 g/mol. The lowest BCUT2D eigenvalue weighted by Crippen LogP contribution is -2.09. The summed E-state index contributed by atoms with van der Waals surface area (Å²) in [4.78, 5) is 7.74. The highest BCUT2D eigenvalue weighted by Gasteiger charge is 2.25. The van der Waals surface area contributed by atoms with E-state index in [0.717, 1.165) is 0 Å². The summed E-state index contributed by atoms with van der Waals surface area (Å²) >= 11 is 3.17. The molecule has 0 saturated heterocycles. The van der Waals surface area contributed by atoms with Crippen LogP contribution in [0.5, 0.6) is 0 Å². The van der Waals surface area contributed by atoms with Crippen LogP contribution in [0.2, 0.25) is 0 Å². The number of rotatable bonds is 5. The van der Waals surface area contributed by atoms with Crippen molar-refractivity contribution in [3.05, 3.63) is 17.0 Å². The highest BCUT2D eigenvalue weighted by Crippen LogP contribution is 2.22. The molecule has 0 spiro atoms. The van der Waals surface area contributed by atoms with E-state index in [-0.39, 0.29) is 6.42 Å². The van der Waals surface area contributed by atoms with Crippen molar-refractivity contribution in [3.8, 4) is 0 Å². The Morgan fingerprint density at radius 3 is 2.62 bits per heavy atom. The average Bonchev–Trinajstić information content (AvgIpc) is 2.15. The van der Waals surface area contributed by atoms with Crippen molar-refractivity contribution in [2.75, 3.05) is 11.9 Å². The molecule has 1 aromatic rings. The van der Waals surface area contributed by atoms with Crippen LogP contribution >= 0.6 is 15.9 Å². The molecule has 1 aromatic heterocycles. The number of anilines is 1. The summed E-state index contributed by atoms with van der Waals surface area (Å²) in [6, 6.07) is 1.67. The van der Waals surface area contributed by atoms with Gasteiger partial charge in [-0.15, -0.1) is 0 Å². The van der Waals surface area contributed by atoms with Crippen LogP contribution in [0.1, 0.15) is 19.3 Å². The standard InChI is InChI=1S/C9H11BrF3N3/c10-7-5-8(16-6-15-7)14-4-2-1-3-9(11,12)13/h5-6H,1-4H2,(H,14,15,16). The zero-order valence-electron chi connectivity index (χ0n) is 8.39. The molecule has 0 aliphatic carbocycles. The van der Waals surface area contributed by atoms with Crippen LogP contribution in [0.15, 0.2) is 17.0 Å². The number of halogens is 4. The number of nitrogens with zero attached hydrogens (tertiary/aromatic N) is 2. The molecule has 1 rings (SSSR count). The third kappa shape index (κ3) is 5.89. The first-order chi connectivity index (χ1) is 7.47. The minimum Gasteiger partial charge on any atom is -0.370 e. The SMILES string of the molecule is FC(F)(F)CCCCNc1cc(Br)ncn1. The first-order valence-corrected chi connectivity index (χ1v) is 5.55. The highest BCUT2D eigenvalue weighted by molar-refractivity contribution is 9.10. The number of nitrogens with one attached hydrogen (secondary N) is 1. The van der Waals surface area contributed by atoms with Crippen molar-refractivity contribution >= 4 is 21.7 Å². The number of aromatic nitrogens is 2. The van der Waals surface area contributed by atoms with Gasteiger partial charge >= 0.3 is 6.18 Å². The predicted octanol–water partition coefficient (Wildman–Crippen LogP) is 3.38. The Labute approximate surface area is 99.6 Å². The molecule has 0 unspecified atom stereocenters. The molecule has 3 nitrogen and oxygen atoms in total. The van der Waals surface area contributed by atoms with E-state index in [2.05, 4.69) is 31.2 Å². The highest BCUT2D eigenvalue weighted by atomic mass is 79.9. The van der Waals surface area contributed by atoms with Crippen LogP contribution in [0.25, 0.3) is 0 Å². The van der Waals surface area contributed by atoms with Gasteiger partial charge < -0.3 is 5.32 Å². The Hall–Kier alpha value is -0.850. The van der Waals surface area contributed by atoms with Crippen LogP contribution in [0, 0.1) is 0 Å². The Bertz CT molecular complexity index is 330. The smallest absolute Gasteiger partial charge is 0.370 e. The predicted molar refractivity (Wildman–Crippen MR) is 58.1 cm³/mol. The zero-order chi connectivity index (χ0) is 12.0. The summed E-state index contributed by atoms with van der Waals surface area (Å²) in [6.45, 7) is 0.472. The monoisotopic (exact) mass is 297 g/mol. The fourth-order valence-electron chi connectivity index (χ4n) is 1.10. The fraction of sp³-hybridized carbons (Fsp3) is 0.556. The molecule has 1 heterocycles. The van der Waals surface area contributed by atoms with Gasteiger partial charge in [0.2, 0.25) is 0 Å². The molecule has 7 heteroatoms. The van der Waals surface area contributed by atoms with Crippen molar-refractivity contribution < 1.29 is 13.2 Å². The summed E-state index contributed by atoms with van der Waals surface area (Å²) in [5, 5.41) is 2.92. The van der Waals surface area contributed by atoms with Gasteiger partial charge in [-0.2, -0.15) is 13.2 Å². The molecule has 0 aromatic carbocycles. The summed E-state index contributed by atoms with van der Waals surface area (Å²) in [5.74, 6) is 0.605. The van der Waals surface area contributed by atoms with Gasteiger partial charge in [0.15, 0.2) is 0 Å². The third-order valence-electron chi connectivity index (χ3n) is 1.83. The van der Waals surface area contributed by atoms with E-state index < -0.39 is 12.6 Å². The largest absolute Gasteiger partial charge is 0.389 e. The van der Waals surface area contributed by atoms with E-state index in [1.54, 1.807) is 6.07 Å². The number of hydrogen-bond donors (Lipinski definition) is 1. The molecule has 0 atom stereocenters. The van der Waals surface area contributed by atoms with Gasteiger partial charge in [0.1, 0.15) is 16.7 Å². The van der Waals surface area contributed by atoms with E-state index in [1.165, 1.54) is 6.33 Å². The summed E-state index contributed by atoms with van der Waals surface area (Å²) < 4.78 is 36.1. The Kier molecular flexibility index (Phi) is 4.98. The number of alkyl halides is 3. The molecule has 0 saturated carbocycles. The molecular formula is C9H11BrF3N3. The number of hydrogen-bond acceptors (Lipinski definition) is 3. The summed E-state index contributed by atoms with van der Waals surface area (Å²) in [6.07, 6.45) is -2.83. The second kappa shape index (κ2) is 6.03. The van der Waals surface area contributed by atoms with Crippen LogP contribution in [0.3, 0.4) is 0 Å². The fourth-order valence-corrected chi connectivity index (χ4v) is 1.41. The minimum atomic E-state index is -4.06. The van der Waals surface area contributed by atoms with Gasteiger partial charge in [0.05, 0.1) is 0 Å². The summed E-state index contributed by atoms with van der Waals surface area (Å²) in [7, 11) is 0. The Morgan fingerprint density at radius 1 is 1.25 bits per heavy atom. The summed E-state index contributed by atoms with van der Waals surface area (Å²) in [5.41, 5.74) is 0. The van der Waals surface area contributed by atoms with Crippen LogP contribution in [0.4, 0.5) is 19.0 Å². The maximum atomic E-state index is 11.8. The van der Waals surface area contributed by atoms with E-state index in [1.807, 2.05) is 0 Å². The normalized spacial score (nSPS) is 11.5. The first kappa shape index (κ1) is 13.2. The Morgan fingerprint density at radius 2 is 2.00 bits per heavy atom. The van der Waals surface area contributed by atoms with Crippen molar-refractivity contribution in [1.82, 2.24) is 9.97 Å². The lowest BCUT2D eigenvalue weighted by atomic mass is 10.2.